The Hall–Kier alpha value is 2.27. The molecule has 0 spiro atoms. The van der Waals surface area contributed by atoms with E-state index in [-0.39, 0.29) is 5.01 Å². The third-order valence-corrected chi connectivity index (χ3v) is 1.93. The van der Waals surface area contributed by atoms with Crippen LogP contribution in [-0.4, -0.2) is 15.4 Å². The first-order chi connectivity index (χ1) is 3.27. The molecule has 5 heteroatoms. The fourth-order valence-electron chi connectivity index (χ4n) is 0. The first-order valence-corrected chi connectivity index (χ1v) is 11.2. The zero-order valence-corrected chi connectivity index (χ0v) is 11.7. The van der Waals surface area contributed by atoms with Gasteiger partial charge in [-0.25, -0.2) is 0 Å². The maximum absolute atomic E-state index is 8.23. The van der Waals surface area contributed by atoms with Gasteiger partial charge in [-0.15, -0.1) is 0 Å². The van der Waals surface area contributed by atoms with E-state index >= 15 is 0 Å². The molecule has 43 valence electrons. The first-order valence-electron chi connectivity index (χ1n) is 1.34. The van der Waals surface area contributed by atoms with Gasteiger partial charge in [-0.1, -0.05) is 31.9 Å². The summed E-state index contributed by atoms with van der Waals surface area (Å²) in [5.74, 6) is 0. The molecular weight excluding hydrogens is 458 g/mol. The van der Waals surface area contributed by atoms with Crippen LogP contribution in [-0.2, 0) is 22.0 Å². The zero-order valence-electron chi connectivity index (χ0n) is 3.37. The molecular formula is C2H4Br3HfO. The number of halogens is 3. The van der Waals surface area contributed by atoms with Crippen molar-refractivity contribution in [1.82, 2.24) is 0 Å². The number of hydrogen-bond donors (Lipinski definition) is 1. The topological polar surface area (TPSA) is 20.2 Å². The summed E-state index contributed by atoms with van der Waals surface area (Å²) in [6.07, 6.45) is 0. The molecule has 0 bridgehead atoms. The van der Waals surface area contributed by atoms with E-state index in [9.17, 15) is 0 Å². The molecule has 1 atom stereocenters. The Kier molecular flexibility index (Phi) is 19.1. The standard InChI is InChI=1S/C2H4Br2O.BrH.Hf/c3-1-2(4)5;;/h2,5H,1H2;1H;/q;;+1/p-1. The van der Waals surface area contributed by atoms with E-state index in [1.54, 1.807) is 0 Å². The van der Waals surface area contributed by atoms with Crippen LogP contribution < -0.4 is 0 Å². The van der Waals surface area contributed by atoms with Crippen molar-refractivity contribution in [2.45, 2.75) is 5.01 Å². The summed E-state index contributed by atoms with van der Waals surface area (Å²) in [4.78, 5) is 0. The second-order valence-electron chi connectivity index (χ2n) is 0.589. The summed E-state index contributed by atoms with van der Waals surface area (Å²) in [6, 6.07) is 0. The van der Waals surface area contributed by atoms with E-state index in [1.165, 1.54) is 0 Å². The SMILES string of the molecule is OC(Br)CBr.[Br][Hf]. The van der Waals surface area contributed by atoms with Gasteiger partial charge >= 0.3 is 34.3 Å². The summed E-state index contributed by atoms with van der Waals surface area (Å²) < 4.78 is 0. The maximum atomic E-state index is 8.23. The monoisotopic (exact) mass is 461 g/mol. The molecule has 0 aromatic carbocycles. The van der Waals surface area contributed by atoms with Crippen LogP contribution in [0.2, 0.25) is 0 Å². The van der Waals surface area contributed by atoms with Crippen molar-refractivity contribution >= 4 is 44.2 Å². The molecule has 0 heterocycles. The van der Waals surface area contributed by atoms with Crippen molar-refractivity contribution in [1.29, 1.82) is 0 Å². The van der Waals surface area contributed by atoms with Gasteiger partial charge in [0.05, 0.1) is 0 Å². The van der Waals surface area contributed by atoms with Gasteiger partial charge in [0, 0.05) is 5.33 Å². The summed E-state index contributed by atoms with van der Waals surface area (Å²) in [7, 11) is 0. The van der Waals surface area contributed by atoms with Crippen LogP contribution >= 0.6 is 44.2 Å². The Morgan fingerprint density at radius 1 is 1.57 bits per heavy atom. The number of aliphatic hydroxyl groups excluding tert-OH is 1. The Balaban J connectivity index is 0. The van der Waals surface area contributed by atoms with Crippen LogP contribution in [0.25, 0.3) is 0 Å². The second kappa shape index (κ2) is 11.1. The molecule has 0 aromatic rings. The van der Waals surface area contributed by atoms with Gasteiger partial charge in [-0.05, 0) is 0 Å². The van der Waals surface area contributed by atoms with E-state index < -0.39 is 0 Å². The number of aliphatic hydroxyl groups is 1. The van der Waals surface area contributed by atoms with Crippen LogP contribution in [0.3, 0.4) is 0 Å². The zero-order chi connectivity index (χ0) is 6.28. The van der Waals surface area contributed by atoms with Crippen LogP contribution in [0.4, 0.5) is 0 Å². The van der Waals surface area contributed by atoms with Gasteiger partial charge in [-0.2, -0.15) is 0 Å². The minimum absolute atomic E-state index is 0.387. The molecule has 1 nitrogen and oxygen atoms in total. The van der Waals surface area contributed by atoms with Crippen molar-refractivity contribution in [3.05, 3.63) is 0 Å². The fraction of sp³-hybridized carbons (Fsp3) is 1.00. The average Bonchev–Trinajstić information content (AvgIpc) is 1.73. The second-order valence-corrected chi connectivity index (χ2v) is 2.29. The first kappa shape index (κ1) is 12.0. The molecule has 1 N–H and O–H groups in total. The minimum atomic E-state index is -0.387. The molecule has 7 heavy (non-hydrogen) atoms. The van der Waals surface area contributed by atoms with Crippen LogP contribution in [0.1, 0.15) is 0 Å². The van der Waals surface area contributed by atoms with Gasteiger partial charge in [-0.3, -0.25) is 0 Å². The number of rotatable bonds is 1. The molecule has 0 aliphatic rings. The Bertz CT molecular complexity index is 26.9. The van der Waals surface area contributed by atoms with E-state index in [1.807, 2.05) is 0 Å². The van der Waals surface area contributed by atoms with Crippen molar-refractivity contribution < 1.29 is 27.2 Å². The van der Waals surface area contributed by atoms with Crippen molar-refractivity contribution in [2.75, 3.05) is 5.33 Å². The van der Waals surface area contributed by atoms with Crippen molar-refractivity contribution in [3.8, 4) is 0 Å². The third-order valence-electron chi connectivity index (χ3n) is 0.127. The summed E-state index contributed by atoms with van der Waals surface area (Å²) in [5.41, 5.74) is 0. The quantitative estimate of drug-likeness (QED) is 0.467. The van der Waals surface area contributed by atoms with Crippen molar-refractivity contribution in [2.24, 2.45) is 0 Å². The van der Waals surface area contributed by atoms with Crippen molar-refractivity contribution in [3.63, 3.8) is 0 Å². The Labute approximate surface area is 80.6 Å². The fourth-order valence-corrected chi connectivity index (χ4v) is 0. The van der Waals surface area contributed by atoms with E-state index in [2.05, 4.69) is 44.2 Å². The number of hydrogen-bond acceptors (Lipinski definition) is 1. The molecule has 0 aliphatic carbocycles. The number of alkyl halides is 2. The van der Waals surface area contributed by atoms with Gasteiger partial charge in [0.15, 0.2) is 0 Å². The van der Waals surface area contributed by atoms with E-state index in [0.717, 1.165) is 22.0 Å². The Morgan fingerprint density at radius 3 is 1.71 bits per heavy atom. The Morgan fingerprint density at radius 2 is 1.71 bits per heavy atom. The summed E-state index contributed by atoms with van der Waals surface area (Å²) in [5, 5.41) is 8.43. The van der Waals surface area contributed by atoms with Crippen LogP contribution in [0.5, 0.6) is 0 Å². The third kappa shape index (κ3) is 17.8. The molecule has 0 rings (SSSR count). The van der Waals surface area contributed by atoms with Crippen LogP contribution in [0.15, 0.2) is 0 Å². The summed E-state index contributed by atoms with van der Waals surface area (Å²) in [6.45, 7) is 0. The predicted molar refractivity (Wildman–Crippen MR) is 37.7 cm³/mol. The van der Waals surface area contributed by atoms with E-state index in [0.29, 0.717) is 5.33 Å². The van der Waals surface area contributed by atoms with Gasteiger partial charge in [0.1, 0.15) is 5.01 Å². The molecule has 0 aromatic heterocycles. The molecule has 0 saturated heterocycles. The molecule has 0 amide bonds. The van der Waals surface area contributed by atoms with Gasteiger partial charge in [0.25, 0.3) is 0 Å². The average molecular weight is 462 g/mol. The molecule has 0 saturated carbocycles. The molecule has 1 unspecified atom stereocenters. The summed E-state index contributed by atoms with van der Waals surface area (Å²) >= 11 is 10.1. The molecule has 0 aliphatic heterocycles. The van der Waals surface area contributed by atoms with Gasteiger partial charge < -0.3 is 5.11 Å². The predicted octanol–water partition coefficient (Wildman–Crippen LogP) is 1.94. The molecule has 0 radical (unpaired) electrons. The van der Waals surface area contributed by atoms with Crippen LogP contribution in [0, 0.1) is 0 Å². The van der Waals surface area contributed by atoms with E-state index in [4.69, 9.17) is 5.11 Å². The van der Waals surface area contributed by atoms with Gasteiger partial charge in [0.2, 0.25) is 0 Å². The molecule has 0 fully saturated rings. The normalized spacial score (nSPS) is 11.3.